The number of rotatable bonds is 4. The van der Waals surface area contributed by atoms with Gasteiger partial charge >= 0.3 is 5.69 Å². The van der Waals surface area contributed by atoms with Crippen molar-refractivity contribution in [3.05, 3.63) is 38.2 Å². The predicted molar refractivity (Wildman–Crippen MR) is 87.0 cm³/mol. The Morgan fingerprint density at radius 1 is 1.08 bits per heavy atom. The Kier molecular flexibility index (Phi) is 4.71. The number of anilines is 1. The summed E-state index contributed by atoms with van der Waals surface area (Å²) in [6, 6.07) is 1.04. The van der Waals surface area contributed by atoms with Crippen LogP contribution in [0.2, 0.25) is 0 Å². The third kappa shape index (κ3) is 3.69. The van der Waals surface area contributed by atoms with E-state index in [2.05, 4.69) is 5.32 Å². The molecule has 10 heteroatoms. The molecule has 0 bridgehead atoms. The number of nitrogens with one attached hydrogen (secondary N) is 1. The van der Waals surface area contributed by atoms with Gasteiger partial charge in [0.25, 0.3) is 5.69 Å². The summed E-state index contributed by atoms with van der Waals surface area (Å²) in [6.45, 7) is 7.04. The highest BCUT2D eigenvalue weighted by atomic mass is 19.1. The minimum Gasteiger partial charge on any atom is -0.376 e. The summed E-state index contributed by atoms with van der Waals surface area (Å²) in [7, 11) is 0. The average Bonchev–Trinajstić information content (AvgIpc) is 2.45. The van der Waals surface area contributed by atoms with E-state index in [0.717, 1.165) is 11.1 Å². The van der Waals surface area contributed by atoms with Gasteiger partial charge < -0.3 is 5.32 Å². The van der Waals surface area contributed by atoms with Crippen molar-refractivity contribution in [2.75, 3.05) is 5.32 Å². The van der Waals surface area contributed by atoms with Crippen molar-refractivity contribution < 1.29 is 19.4 Å². The molecule has 0 saturated carbocycles. The van der Waals surface area contributed by atoms with E-state index in [1.54, 1.807) is 27.7 Å². The predicted octanol–water partition coefficient (Wildman–Crippen LogP) is 3.42. The molecular weight excluding hydrogens is 335 g/mol. The lowest BCUT2D eigenvalue weighted by molar-refractivity contribution is -0.390. The second-order valence-electron chi connectivity index (χ2n) is 7.50. The van der Waals surface area contributed by atoms with Crippen molar-refractivity contribution in [1.82, 2.24) is 5.06 Å². The molecule has 0 spiro atoms. The molecule has 1 saturated heterocycles. The maximum atomic E-state index is 13.7. The largest absolute Gasteiger partial charge is 0.376 e. The van der Waals surface area contributed by atoms with Gasteiger partial charge in [-0.05, 0) is 40.5 Å². The normalized spacial score (nSPS) is 20.2. The molecule has 0 amide bonds. The van der Waals surface area contributed by atoms with Crippen LogP contribution in [0.3, 0.4) is 0 Å². The Morgan fingerprint density at radius 2 is 1.56 bits per heavy atom. The maximum absolute atomic E-state index is 13.7. The lowest BCUT2D eigenvalue weighted by atomic mass is 9.79. The van der Waals surface area contributed by atoms with Gasteiger partial charge in [0.15, 0.2) is 0 Å². The molecule has 0 aromatic heterocycles. The van der Waals surface area contributed by atoms with Crippen LogP contribution in [-0.4, -0.2) is 32.0 Å². The van der Waals surface area contributed by atoms with Crippen LogP contribution in [0.4, 0.5) is 21.5 Å². The number of hydroxylamine groups is 2. The first-order valence-corrected chi connectivity index (χ1v) is 7.71. The second-order valence-corrected chi connectivity index (χ2v) is 7.50. The molecule has 1 fully saturated rings. The van der Waals surface area contributed by atoms with E-state index >= 15 is 0 Å². The van der Waals surface area contributed by atoms with E-state index in [-0.39, 0.29) is 11.7 Å². The highest BCUT2D eigenvalue weighted by Gasteiger charge is 2.46. The van der Waals surface area contributed by atoms with Gasteiger partial charge in [-0.15, -0.1) is 10.3 Å². The molecule has 1 aliphatic heterocycles. The zero-order valence-corrected chi connectivity index (χ0v) is 14.4. The molecule has 0 unspecified atom stereocenters. The number of nitrogens with zero attached hydrogens (tertiary/aromatic N) is 3. The minimum atomic E-state index is -1.27. The Bertz CT molecular complexity index is 704. The lowest BCUT2D eigenvalue weighted by Gasteiger charge is -2.50. The topological polar surface area (TPSA) is 121 Å². The highest BCUT2D eigenvalue weighted by Crippen LogP contribution is 2.40. The zero-order valence-electron chi connectivity index (χ0n) is 14.4. The van der Waals surface area contributed by atoms with Gasteiger partial charge in [0.05, 0.1) is 15.9 Å². The summed E-state index contributed by atoms with van der Waals surface area (Å²) in [5, 5.41) is 38.4. The summed E-state index contributed by atoms with van der Waals surface area (Å²) in [5.74, 6) is -1.27. The molecule has 2 rings (SSSR count). The van der Waals surface area contributed by atoms with E-state index < -0.39 is 38.1 Å². The van der Waals surface area contributed by atoms with Gasteiger partial charge in [0.2, 0.25) is 5.82 Å². The van der Waals surface area contributed by atoms with Gasteiger partial charge in [-0.3, -0.25) is 20.2 Å². The number of halogens is 1. The van der Waals surface area contributed by atoms with Crippen molar-refractivity contribution in [1.29, 1.82) is 0 Å². The molecule has 1 aliphatic rings. The van der Waals surface area contributed by atoms with Gasteiger partial charge in [-0.25, -0.2) is 0 Å². The highest BCUT2D eigenvalue weighted by molar-refractivity contribution is 5.66. The standard InChI is InChI=1S/C15H20FN4O5/c1-14(2)7-9(8-15(3,4)20(14)25)17-11-6-12(18(21)22)10(16)5-13(11)19(23)24/h5-6,9,17H,7-8H2,1-4H3. The van der Waals surface area contributed by atoms with Crippen molar-refractivity contribution >= 4 is 17.1 Å². The first-order valence-electron chi connectivity index (χ1n) is 7.71. The molecule has 137 valence electrons. The zero-order chi connectivity index (χ0) is 19.2. The summed E-state index contributed by atoms with van der Waals surface area (Å²) in [5.41, 5.74) is -2.99. The maximum Gasteiger partial charge on any atom is 0.307 e. The smallest absolute Gasteiger partial charge is 0.307 e. The third-order valence-corrected chi connectivity index (χ3v) is 4.41. The lowest BCUT2D eigenvalue weighted by Crippen LogP contribution is -2.60. The van der Waals surface area contributed by atoms with Crippen molar-refractivity contribution in [3.63, 3.8) is 0 Å². The molecule has 1 aromatic carbocycles. The van der Waals surface area contributed by atoms with Crippen LogP contribution >= 0.6 is 0 Å². The van der Waals surface area contributed by atoms with Crippen LogP contribution in [0.5, 0.6) is 0 Å². The molecule has 25 heavy (non-hydrogen) atoms. The number of benzene rings is 1. The van der Waals surface area contributed by atoms with Gasteiger partial charge in [-0.1, -0.05) is 0 Å². The summed E-state index contributed by atoms with van der Waals surface area (Å²) >= 11 is 0. The van der Waals surface area contributed by atoms with Gasteiger partial charge in [0.1, 0.15) is 5.69 Å². The van der Waals surface area contributed by atoms with E-state index in [4.69, 9.17) is 0 Å². The molecular formula is C15H20FN4O5. The number of hydrogen-bond donors (Lipinski definition) is 1. The van der Waals surface area contributed by atoms with E-state index in [1.807, 2.05) is 0 Å². The summed E-state index contributed by atoms with van der Waals surface area (Å²) < 4.78 is 13.7. The number of nitro benzene ring substituents is 2. The monoisotopic (exact) mass is 355 g/mol. The van der Waals surface area contributed by atoms with Gasteiger partial charge in [-0.2, -0.15) is 4.39 Å². The van der Waals surface area contributed by atoms with Crippen molar-refractivity contribution in [3.8, 4) is 0 Å². The fraction of sp³-hybridized carbons (Fsp3) is 0.600. The number of piperidine rings is 1. The Balaban J connectivity index is 2.40. The molecule has 0 aliphatic carbocycles. The molecule has 1 radical (unpaired) electrons. The second kappa shape index (κ2) is 6.19. The third-order valence-electron chi connectivity index (χ3n) is 4.41. The molecule has 9 nitrogen and oxygen atoms in total. The SMILES string of the molecule is CC1(C)CC(Nc2cc([N+](=O)[O-])c(F)cc2[N+](=O)[O-])CC(C)(C)N1[O]. The van der Waals surface area contributed by atoms with Crippen LogP contribution in [0, 0.1) is 26.0 Å². The quantitative estimate of drug-likeness (QED) is 0.652. The molecule has 1 heterocycles. The molecule has 0 atom stereocenters. The summed E-state index contributed by atoms with van der Waals surface area (Å²) in [4.78, 5) is 20.4. The number of nitro groups is 2. The van der Waals surface area contributed by atoms with Crippen LogP contribution in [0.25, 0.3) is 0 Å². The average molecular weight is 355 g/mol. The minimum absolute atomic E-state index is 0.131. The van der Waals surface area contributed by atoms with Crippen LogP contribution in [-0.2, 0) is 5.21 Å². The van der Waals surface area contributed by atoms with Crippen molar-refractivity contribution in [2.24, 2.45) is 0 Å². The van der Waals surface area contributed by atoms with E-state index in [9.17, 15) is 29.8 Å². The van der Waals surface area contributed by atoms with Crippen molar-refractivity contribution in [2.45, 2.75) is 57.7 Å². The fourth-order valence-electron chi connectivity index (χ4n) is 3.54. The fourth-order valence-corrected chi connectivity index (χ4v) is 3.54. The van der Waals surface area contributed by atoms with Crippen LogP contribution < -0.4 is 5.32 Å². The van der Waals surface area contributed by atoms with Gasteiger partial charge in [0, 0.05) is 23.2 Å². The Labute approximate surface area is 143 Å². The molecule has 1 N–H and O–H groups in total. The van der Waals surface area contributed by atoms with E-state index in [1.165, 1.54) is 0 Å². The molecule has 1 aromatic rings. The Hall–Kier alpha value is -2.33. The Morgan fingerprint density at radius 3 is 2.00 bits per heavy atom. The van der Waals surface area contributed by atoms with Crippen LogP contribution in [0.15, 0.2) is 12.1 Å². The number of hydrogen-bond acceptors (Lipinski definition) is 6. The first-order chi connectivity index (χ1) is 11.3. The first kappa shape index (κ1) is 19.0. The summed E-state index contributed by atoms with van der Waals surface area (Å²) in [6.07, 6.45) is 0.754. The van der Waals surface area contributed by atoms with Crippen LogP contribution in [0.1, 0.15) is 40.5 Å². The van der Waals surface area contributed by atoms with E-state index in [0.29, 0.717) is 18.9 Å².